The molecule has 0 aromatic heterocycles. The van der Waals surface area contributed by atoms with Crippen LogP contribution < -0.4 is 0 Å². The van der Waals surface area contributed by atoms with Crippen LogP contribution in [0.2, 0.25) is 0 Å². The molecule has 0 saturated carbocycles. The van der Waals surface area contributed by atoms with Gasteiger partial charge in [-0.25, -0.2) is 17.6 Å². The Hall–Kier alpha value is -1.80. The number of aliphatic hydroxyl groups excluding tert-OH is 1. The number of alkyl halides is 24. The molecule has 0 heterocycles. The fourth-order valence-electron chi connectivity index (χ4n) is 2.42. The van der Waals surface area contributed by atoms with Gasteiger partial charge in [0.15, 0.2) is 0 Å². The van der Waals surface area contributed by atoms with Crippen LogP contribution in [0, 0.1) is 0 Å². The predicted molar refractivity (Wildman–Crippen MR) is 89.1 cm³/mol. The quantitative estimate of drug-likeness (QED) is 0.152. The first-order valence-electron chi connectivity index (χ1n) is 10.2. The first-order valence-corrected chi connectivity index (χ1v) is 10.2. The molecule has 0 aromatic rings. The normalized spacial score (nSPS) is 16.1. The van der Waals surface area contributed by atoms with Crippen molar-refractivity contribution in [1.82, 2.24) is 0 Å². The van der Waals surface area contributed by atoms with Crippen molar-refractivity contribution in [2.45, 2.75) is 78.2 Å². The lowest BCUT2D eigenvalue weighted by Gasteiger charge is -2.39. The number of rotatable bonds is 18. The predicted octanol–water partition coefficient (Wildman–Crippen LogP) is 7.26. The fourth-order valence-corrected chi connectivity index (χ4v) is 2.42. The SMILES string of the molecule is OC(COCC(F)(F)C(F)(F)C(F)(F)C(F)(F)C(F)(F)C(F)F)COCC(F)(F)C(F)(F)C(F)(F)C(F)(F)C(F)(F)C(F)F. The van der Waals surface area contributed by atoms with Crippen molar-refractivity contribution in [3.63, 3.8) is 0 Å². The lowest BCUT2D eigenvalue weighted by molar-refractivity contribution is -0.416. The minimum absolute atomic E-state index is 2.11. The molecule has 0 unspecified atom stereocenters. The molecule has 1 N–H and O–H groups in total. The summed E-state index contributed by atoms with van der Waals surface area (Å²) in [4.78, 5) is 0. The van der Waals surface area contributed by atoms with E-state index in [1.807, 2.05) is 0 Å². The third-order valence-corrected chi connectivity index (χ3v) is 5.07. The Balaban J connectivity index is 5.51. The summed E-state index contributed by atoms with van der Waals surface area (Å²) in [5, 5.41) is 9.15. The molecule has 0 fully saturated rings. The van der Waals surface area contributed by atoms with E-state index in [2.05, 4.69) is 9.47 Å². The van der Waals surface area contributed by atoms with Crippen molar-refractivity contribution in [2.24, 2.45) is 0 Å². The summed E-state index contributed by atoms with van der Waals surface area (Å²) in [6.07, 6.45) is -14.5. The number of ether oxygens (including phenoxy) is 2. The van der Waals surface area contributed by atoms with Gasteiger partial charge in [0.1, 0.15) is 19.3 Å². The highest BCUT2D eigenvalue weighted by atomic mass is 19.4. The fraction of sp³-hybridized carbons (Fsp3) is 1.00. The summed E-state index contributed by atoms with van der Waals surface area (Å²) in [6, 6.07) is 0. The Labute approximate surface area is 226 Å². The molecule has 0 spiro atoms. The van der Waals surface area contributed by atoms with E-state index in [1.165, 1.54) is 0 Å². The average Bonchev–Trinajstić information content (AvgIpc) is 2.82. The molecule has 0 aliphatic carbocycles. The summed E-state index contributed by atoms with van der Waals surface area (Å²) in [5.41, 5.74) is 0. The van der Waals surface area contributed by atoms with Crippen molar-refractivity contribution in [2.75, 3.05) is 26.4 Å². The van der Waals surface area contributed by atoms with Gasteiger partial charge >= 0.3 is 72.1 Å². The van der Waals surface area contributed by atoms with Crippen molar-refractivity contribution in [1.29, 1.82) is 0 Å². The zero-order valence-electron chi connectivity index (χ0n) is 19.9. The Morgan fingerprint density at radius 3 is 0.818 bits per heavy atom. The first kappa shape index (κ1) is 42.2. The largest absolute Gasteiger partial charge is 0.388 e. The van der Waals surface area contributed by atoms with Crippen molar-refractivity contribution in [3.05, 3.63) is 0 Å². The third kappa shape index (κ3) is 6.67. The van der Waals surface area contributed by atoms with Gasteiger partial charge in [-0.3, -0.25) is 0 Å². The molecule has 0 aliphatic heterocycles. The molecule has 0 atom stereocenters. The molecule has 0 amide bonds. The lowest BCUT2D eigenvalue weighted by Crippen LogP contribution is -2.69. The highest BCUT2D eigenvalue weighted by Gasteiger charge is 2.89. The number of aliphatic hydroxyl groups is 1. The second kappa shape index (κ2) is 12.4. The Morgan fingerprint density at radius 1 is 0.386 bits per heavy atom. The summed E-state index contributed by atoms with van der Waals surface area (Å²) in [5.74, 6) is -75.2. The number of halogens is 24. The topological polar surface area (TPSA) is 38.7 Å². The maximum atomic E-state index is 13.5. The van der Waals surface area contributed by atoms with E-state index in [1.54, 1.807) is 0 Å². The minimum atomic E-state index is -7.98. The molecule has 44 heavy (non-hydrogen) atoms. The number of hydrogen-bond acceptors (Lipinski definition) is 3. The minimum Gasteiger partial charge on any atom is -0.388 e. The average molecular weight is 720 g/mol. The van der Waals surface area contributed by atoms with E-state index in [-0.39, 0.29) is 0 Å². The van der Waals surface area contributed by atoms with Crippen LogP contribution in [0.4, 0.5) is 105 Å². The first-order chi connectivity index (χ1) is 19.0. The molecular formula is C17H12F24O3. The second-order valence-electron chi connectivity index (χ2n) is 8.39. The molecule has 0 rings (SSSR count). The summed E-state index contributed by atoms with van der Waals surface area (Å²) in [6.45, 7) is -10.9. The lowest BCUT2D eigenvalue weighted by atomic mass is 9.94. The maximum Gasteiger partial charge on any atom is 0.384 e. The Morgan fingerprint density at radius 2 is 0.614 bits per heavy atom. The van der Waals surface area contributed by atoms with Gasteiger partial charge in [-0.05, 0) is 0 Å². The zero-order chi connectivity index (χ0) is 36.0. The summed E-state index contributed by atoms with van der Waals surface area (Å²) in [7, 11) is 0. The van der Waals surface area contributed by atoms with Crippen LogP contribution >= 0.6 is 0 Å². The standard InChI is InChI=1S/C17H12F24O3/c18-6(19)10(26,27)14(34,35)16(38,39)12(30,31)8(22,23)3-43-1-5(42)2-44-4-9(24,25)13(32,33)17(40,41)15(36,37)11(28,29)7(20)21/h5-7,42H,1-4H2. The highest BCUT2D eigenvalue weighted by molar-refractivity contribution is 5.10. The van der Waals surface area contributed by atoms with Crippen LogP contribution in [0.15, 0.2) is 0 Å². The van der Waals surface area contributed by atoms with Crippen LogP contribution in [0.3, 0.4) is 0 Å². The van der Waals surface area contributed by atoms with E-state index in [0.29, 0.717) is 0 Å². The van der Waals surface area contributed by atoms with Crippen LogP contribution in [-0.4, -0.2) is 110 Å². The van der Waals surface area contributed by atoms with E-state index in [4.69, 9.17) is 5.11 Å². The second-order valence-corrected chi connectivity index (χ2v) is 8.39. The highest BCUT2D eigenvalue weighted by Crippen LogP contribution is 2.59. The van der Waals surface area contributed by atoms with Gasteiger partial charge in [-0.1, -0.05) is 0 Å². The van der Waals surface area contributed by atoms with Gasteiger partial charge in [0.05, 0.1) is 13.2 Å². The van der Waals surface area contributed by atoms with Crippen LogP contribution in [0.1, 0.15) is 0 Å². The van der Waals surface area contributed by atoms with Crippen molar-refractivity contribution >= 4 is 0 Å². The van der Waals surface area contributed by atoms with Crippen LogP contribution in [0.5, 0.6) is 0 Å². The van der Waals surface area contributed by atoms with Gasteiger partial charge in [0.2, 0.25) is 0 Å². The van der Waals surface area contributed by atoms with Crippen LogP contribution in [0.25, 0.3) is 0 Å². The van der Waals surface area contributed by atoms with Crippen molar-refractivity contribution in [3.8, 4) is 0 Å². The van der Waals surface area contributed by atoms with Gasteiger partial charge in [-0.2, -0.15) is 87.8 Å². The molecule has 266 valence electrons. The Bertz CT molecular complexity index is 872. The molecular weight excluding hydrogens is 708 g/mol. The molecule has 0 aromatic carbocycles. The monoisotopic (exact) mass is 720 g/mol. The smallest absolute Gasteiger partial charge is 0.384 e. The van der Waals surface area contributed by atoms with Gasteiger partial charge < -0.3 is 14.6 Å². The van der Waals surface area contributed by atoms with E-state index >= 15 is 0 Å². The zero-order valence-corrected chi connectivity index (χ0v) is 19.9. The van der Waals surface area contributed by atoms with Crippen molar-refractivity contribution < 1.29 is 120 Å². The third-order valence-electron chi connectivity index (χ3n) is 5.07. The summed E-state index contributed by atoms with van der Waals surface area (Å²) >= 11 is 0. The van der Waals surface area contributed by atoms with E-state index < -0.39 is 105 Å². The Kier molecular flexibility index (Phi) is 11.9. The molecule has 0 saturated heterocycles. The van der Waals surface area contributed by atoms with Crippen LogP contribution in [-0.2, 0) is 9.47 Å². The van der Waals surface area contributed by atoms with E-state index in [0.717, 1.165) is 0 Å². The van der Waals surface area contributed by atoms with Gasteiger partial charge in [-0.15, -0.1) is 0 Å². The molecule has 3 nitrogen and oxygen atoms in total. The van der Waals surface area contributed by atoms with E-state index in [9.17, 15) is 105 Å². The molecule has 27 heteroatoms. The van der Waals surface area contributed by atoms with Gasteiger partial charge in [0.25, 0.3) is 0 Å². The summed E-state index contributed by atoms with van der Waals surface area (Å²) < 4.78 is 319. The molecule has 0 bridgehead atoms. The molecule has 0 aliphatic rings. The number of hydrogen-bond donors (Lipinski definition) is 1. The molecule has 0 radical (unpaired) electrons. The maximum absolute atomic E-state index is 13.5. The van der Waals surface area contributed by atoms with Gasteiger partial charge in [0, 0.05) is 0 Å².